The number of ketones is 1. The van der Waals surface area contributed by atoms with E-state index < -0.39 is 8.07 Å². The molecular weight excluding hydrogens is 332 g/mol. The van der Waals surface area contributed by atoms with E-state index in [9.17, 15) is 4.79 Å². The van der Waals surface area contributed by atoms with Crippen LogP contribution in [0, 0.1) is 0 Å². The number of benzene rings is 3. The van der Waals surface area contributed by atoms with Crippen molar-refractivity contribution in [3.8, 4) is 0 Å². The van der Waals surface area contributed by atoms with Gasteiger partial charge in [-0.15, -0.1) is 0 Å². The van der Waals surface area contributed by atoms with Crippen molar-refractivity contribution in [3.05, 3.63) is 83.9 Å². The highest BCUT2D eigenvalue weighted by Crippen LogP contribution is 2.42. The summed E-state index contributed by atoms with van der Waals surface area (Å²) in [6.07, 6.45) is 3.84. The van der Waals surface area contributed by atoms with Crippen LogP contribution in [-0.2, 0) is 4.79 Å². The molecule has 0 amide bonds. The molecule has 130 valence electrons. The van der Waals surface area contributed by atoms with Gasteiger partial charge in [-0.25, -0.2) is 0 Å². The van der Waals surface area contributed by atoms with Crippen LogP contribution in [0.25, 0.3) is 16.8 Å². The zero-order valence-corrected chi connectivity index (χ0v) is 16.4. The number of carbonyl (C=O) groups is 1. The Hall–Kier alpha value is -2.45. The van der Waals surface area contributed by atoms with Gasteiger partial charge in [0.25, 0.3) is 0 Å². The van der Waals surface area contributed by atoms with E-state index in [0.29, 0.717) is 17.7 Å². The summed E-state index contributed by atoms with van der Waals surface area (Å²) in [6.45, 7) is 4.81. The van der Waals surface area contributed by atoms with Gasteiger partial charge in [-0.1, -0.05) is 85.0 Å². The number of fused-ring (bicyclic) bond motifs is 1. The van der Waals surface area contributed by atoms with Crippen LogP contribution in [0.3, 0.4) is 0 Å². The molecule has 0 aliphatic heterocycles. The second kappa shape index (κ2) is 6.69. The Labute approximate surface area is 156 Å². The van der Waals surface area contributed by atoms with E-state index in [1.54, 1.807) is 0 Å². The van der Waals surface area contributed by atoms with E-state index in [0.717, 1.165) is 17.6 Å². The van der Waals surface area contributed by atoms with Crippen molar-refractivity contribution in [2.75, 3.05) is 0 Å². The molecule has 1 nitrogen and oxygen atoms in total. The van der Waals surface area contributed by atoms with Crippen molar-refractivity contribution in [1.29, 1.82) is 0 Å². The summed E-state index contributed by atoms with van der Waals surface area (Å²) < 4.78 is 0. The zero-order valence-electron chi connectivity index (χ0n) is 15.4. The molecule has 0 radical (unpaired) electrons. The van der Waals surface area contributed by atoms with Crippen LogP contribution in [0.15, 0.2) is 78.4 Å². The molecule has 0 N–H and O–H groups in total. The normalized spacial score (nSPS) is 19.4. The van der Waals surface area contributed by atoms with E-state index in [-0.39, 0.29) is 0 Å². The predicted molar refractivity (Wildman–Crippen MR) is 113 cm³/mol. The third kappa shape index (κ3) is 3.06. The molecule has 1 unspecified atom stereocenters. The van der Waals surface area contributed by atoms with Crippen molar-refractivity contribution in [1.82, 2.24) is 0 Å². The molecule has 1 fully saturated rings. The number of allylic oxidation sites excluding steroid dienone is 1. The molecule has 0 heterocycles. The monoisotopic (exact) mass is 356 g/mol. The Morgan fingerprint density at radius 1 is 0.885 bits per heavy atom. The largest absolute Gasteiger partial charge is 0.295 e. The second-order valence-electron chi connectivity index (χ2n) is 7.81. The summed E-state index contributed by atoms with van der Waals surface area (Å²) in [7, 11) is -1.75. The molecule has 3 aromatic rings. The van der Waals surface area contributed by atoms with Crippen LogP contribution in [-0.4, -0.2) is 13.9 Å². The van der Waals surface area contributed by atoms with Crippen LogP contribution in [0.2, 0.25) is 18.6 Å². The number of rotatable bonds is 3. The number of Topliss-reactive ketones (excluding diaryl/α,β-unsaturated/α-hetero) is 1. The fraction of sp³-hybridized carbons (Fsp3) is 0.208. The number of hydrogen-bond donors (Lipinski definition) is 0. The van der Waals surface area contributed by atoms with E-state index in [2.05, 4.69) is 92.0 Å². The minimum Gasteiger partial charge on any atom is -0.295 e. The van der Waals surface area contributed by atoms with Crippen molar-refractivity contribution >= 4 is 35.9 Å². The average molecular weight is 357 g/mol. The molecule has 1 aliphatic rings. The van der Waals surface area contributed by atoms with Crippen LogP contribution in [0.5, 0.6) is 0 Å². The molecule has 0 saturated heterocycles. The molecule has 2 heteroatoms. The minimum absolute atomic E-state index is 0.333. The Morgan fingerprint density at radius 2 is 1.58 bits per heavy atom. The number of hydrogen-bond acceptors (Lipinski definition) is 1. The third-order valence-corrected chi connectivity index (χ3v) is 10.0. The first-order valence-corrected chi connectivity index (χ1v) is 12.4. The average Bonchev–Trinajstić information content (AvgIpc) is 3.03. The summed E-state index contributed by atoms with van der Waals surface area (Å²) >= 11 is 0. The fourth-order valence-corrected chi connectivity index (χ4v) is 7.59. The molecule has 1 aliphatic carbocycles. The molecular formula is C24H24OSi. The third-order valence-electron chi connectivity index (χ3n) is 5.84. The lowest BCUT2D eigenvalue weighted by Gasteiger charge is -2.30. The van der Waals surface area contributed by atoms with Crippen molar-refractivity contribution in [2.45, 2.75) is 31.5 Å². The first kappa shape index (κ1) is 17.0. The van der Waals surface area contributed by atoms with Gasteiger partial charge in [-0.3, -0.25) is 4.79 Å². The van der Waals surface area contributed by atoms with Gasteiger partial charge in [0, 0.05) is 6.42 Å². The quantitative estimate of drug-likeness (QED) is 0.443. The van der Waals surface area contributed by atoms with Gasteiger partial charge >= 0.3 is 0 Å². The Morgan fingerprint density at radius 3 is 2.35 bits per heavy atom. The maximum Gasteiger partial charge on any atom is 0.158 e. The van der Waals surface area contributed by atoms with E-state index in [1.807, 2.05) is 0 Å². The molecule has 1 atom stereocenters. The van der Waals surface area contributed by atoms with Gasteiger partial charge in [0.1, 0.15) is 0 Å². The lowest BCUT2D eigenvalue weighted by molar-refractivity contribution is -0.114. The van der Waals surface area contributed by atoms with Gasteiger partial charge in [-0.2, -0.15) is 0 Å². The van der Waals surface area contributed by atoms with E-state index >= 15 is 0 Å². The number of carbonyl (C=O) groups excluding carboxylic acids is 1. The standard InChI is InChI=1S/C24H24OSi/c1-26(2,21-10-4-3-5-11-21)24-15-14-23(25)22(24)17-18-12-13-19-8-6-7-9-20(19)16-18/h3-13,16-17,24H,14-15H2,1-2H3. The van der Waals surface area contributed by atoms with Crippen LogP contribution in [0.4, 0.5) is 0 Å². The highest BCUT2D eigenvalue weighted by molar-refractivity contribution is 6.92. The lowest BCUT2D eigenvalue weighted by Crippen LogP contribution is -2.45. The van der Waals surface area contributed by atoms with E-state index in [1.165, 1.54) is 16.0 Å². The minimum atomic E-state index is -1.75. The van der Waals surface area contributed by atoms with Gasteiger partial charge in [0.15, 0.2) is 5.78 Å². The van der Waals surface area contributed by atoms with Crippen molar-refractivity contribution in [3.63, 3.8) is 0 Å². The van der Waals surface area contributed by atoms with Crippen molar-refractivity contribution < 1.29 is 4.79 Å². The molecule has 26 heavy (non-hydrogen) atoms. The molecule has 1 saturated carbocycles. The van der Waals surface area contributed by atoms with Crippen LogP contribution in [0.1, 0.15) is 18.4 Å². The summed E-state index contributed by atoms with van der Waals surface area (Å²) in [5.41, 5.74) is 2.57. The van der Waals surface area contributed by atoms with Crippen LogP contribution < -0.4 is 5.19 Å². The van der Waals surface area contributed by atoms with Gasteiger partial charge < -0.3 is 0 Å². The van der Waals surface area contributed by atoms with Crippen molar-refractivity contribution in [2.24, 2.45) is 0 Å². The first-order chi connectivity index (χ1) is 12.6. The smallest absolute Gasteiger partial charge is 0.158 e. The van der Waals surface area contributed by atoms with Gasteiger partial charge in [0.05, 0.1) is 8.07 Å². The Kier molecular flexibility index (Phi) is 4.37. The summed E-state index contributed by atoms with van der Waals surface area (Å²) in [6, 6.07) is 25.6. The highest BCUT2D eigenvalue weighted by Gasteiger charge is 2.41. The van der Waals surface area contributed by atoms with E-state index in [4.69, 9.17) is 0 Å². The molecule has 0 spiro atoms. The summed E-state index contributed by atoms with van der Waals surface area (Å²) in [5.74, 6) is 0.333. The lowest BCUT2D eigenvalue weighted by atomic mass is 10.0. The summed E-state index contributed by atoms with van der Waals surface area (Å²) in [5, 5.41) is 3.90. The molecule has 0 bridgehead atoms. The highest BCUT2D eigenvalue weighted by atomic mass is 28.3. The van der Waals surface area contributed by atoms with Gasteiger partial charge in [-0.05, 0) is 46.0 Å². The maximum atomic E-state index is 12.7. The van der Waals surface area contributed by atoms with Crippen LogP contribution >= 0.6 is 0 Å². The Bertz CT molecular complexity index is 985. The SMILES string of the molecule is C[Si](C)(c1ccccc1)C1CCC(=O)C1=Cc1ccc2ccccc2c1. The molecule has 4 rings (SSSR count). The topological polar surface area (TPSA) is 17.1 Å². The summed E-state index contributed by atoms with van der Waals surface area (Å²) in [4.78, 5) is 12.7. The predicted octanol–water partition coefficient (Wildman–Crippen LogP) is 5.57. The second-order valence-corrected chi connectivity index (χ2v) is 12.5. The van der Waals surface area contributed by atoms with Gasteiger partial charge in [0.2, 0.25) is 0 Å². The first-order valence-electron chi connectivity index (χ1n) is 9.35. The molecule has 0 aromatic heterocycles. The maximum absolute atomic E-state index is 12.7. The molecule has 3 aromatic carbocycles. The fourth-order valence-electron chi connectivity index (χ4n) is 4.25. The zero-order chi connectivity index (χ0) is 18.1. The Balaban J connectivity index is 1.75.